The number of unbranched alkanes of at least 4 members (excludes halogenated alkanes) is 1. The van der Waals surface area contributed by atoms with Crippen LogP contribution in [0.1, 0.15) is 59.8 Å². The van der Waals surface area contributed by atoms with Crippen LogP contribution in [0.2, 0.25) is 0 Å². The molecule has 0 spiro atoms. The highest BCUT2D eigenvalue weighted by molar-refractivity contribution is 9.09. The second-order valence-electron chi connectivity index (χ2n) is 4.76. The molecule has 0 aromatic rings. The number of alkyl halides is 1. The van der Waals surface area contributed by atoms with E-state index in [1.165, 1.54) is 32.1 Å². The maximum Gasteiger partial charge on any atom is 0.0518 e. The lowest BCUT2D eigenvalue weighted by Gasteiger charge is -2.31. The van der Waals surface area contributed by atoms with Gasteiger partial charge in [0.1, 0.15) is 0 Å². The molecule has 1 atom stereocenters. The van der Waals surface area contributed by atoms with Crippen LogP contribution in [-0.4, -0.2) is 18.0 Å². The Balaban J connectivity index is 3.99. The van der Waals surface area contributed by atoms with E-state index in [4.69, 9.17) is 4.74 Å². The molecule has 1 unspecified atom stereocenters. The van der Waals surface area contributed by atoms with Crippen molar-refractivity contribution in [3.63, 3.8) is 0 Å². The molecule has 0 N–H and O–H groups in total. The molecule has 0 saturated carbocycles. The van der Waals surface area contributed by atoms with Gasteiger partial charge in [0.05, 0.1) is 6.10 Å². The highest BCUT2D eigenvalue weighted by atomic mass is 79.9. The van der Waals surface area contributed by atoms with Crippen molar-refractivity contribution in [2.24, 2.45) is 5.41 Å². The van der Waals surface area contributed by atoms with Crippen LogP contribution in [0.4, 0.5) is 0 Å². The molecular weight excluding hydrogens is 252 g/mol. The molecule has 0 aliphatic rings. The molecule has 1 nitrogen and oxygen atoms in total. The zero-order chi connectivity index (χ0) is 11.7. The quantitative estimate of drug-likeness (QED) is 0.552. The molecular formula is C13H27BrO. The van der Waals surface area contributed by atoms with Gasteiger partial charge in [-0.05, 0) is 38.5 Å². The molecule has 0 amide bonds. The van der Waals surface area contributed by atoms with E-state index in [1.807, 2.05) is 0 Å². The second-order valence-corrected chi connectivity index (χ2v) is 5.32. The Morgan fingerprint density at radius 1 is 1.20 bits per heavy atom. The fourth-order valence-electron chi connectivity index (χ4n) is 1.77. The van der Waals surface area contributed by atoms with Crippen molar-refractivity contribution < 1.29 is 4.74 Å². The topological polar surface area (TPSA) is 9.23 Å². The van der Waals surface area contributed by atoms with E-state index in [1.54, 1.807) is 0 Å². The smallest absolute Gasteiger partial charge is 0.0518 e. The van der Waals surface area contributed by atoms with Gasteiger partial charge in [0, 0.05) is 11.9 Å². The van der Waals surface area contributed by atoms with Gasteiger partial charge < -0.3 is 4.74 Å². The SMILES string of the molecule is CCCCC(CC)(CBr)CCOC(C)C. The monoisotopic (exact) mass is 278 g/mol. The number of rotatable bonds is 9. The number of ether oxygens (including phenoxy) is 1. The average molecular weight is 279 g/mol. The summed E-state index contributed by atoms with van der Waals surface area (Å²) >= 11 is 3.68. The Kier molecular flexibility index (Phi) is 8.83. The van der Waals surface area contributed by atoms with E-state index in [0.717, 1.165) is 11.9 Å². The zero-order valence-corrected chi connectivity index (χ0v) is 12.4. The van der Waals surface area contributed by atoms with Gasteiger partial charge in [0.25, 0.3) is 0 Å². The van der Waals surface area contributed by atoms with Crippen LogP contribution in [-0.2, 0) is 4.74 Å². The van der Waals surface area contributed by atoms with E-state index in [9.17, 15) is 0 Å². The lowest BCUT2D eigenvalue weighted by Crippen LogP contribution is -2.24. The van der Waals surface area contributed by atoms with Gasteiger partial charge in [0.2, 0.25) is 0 Å². The molecule has 0 aromatic carbocycles. The van der Waals surface area contributed by atoms with E-state index in [2.05, 4.69) is 43.6 Å². The van der Waals surface area contributed by atoms with E-state index in [0.29, 0.717) is 11.5 Å². The van der Waals surface area contributed by atoms with Crippen molar-refractivity contribution in [2.45, 2.75) is 65.9 Å². The van der Waals surface area contributed by atoms with Crippen LogP contribution in [0.3, 0.4) is 0 Å². The molecule has 92 valence electrons. The van der Waals surface area contributed by atoms with Gasteiger partial charge in [-0.1, -0.05) is 42.6 Å². The molecule has 0 fully saturated rings. The number of hydrogen-bond acceptors (Lipinski definition) is 1. The minimum absolute atomic E-state index is 0.362. The van der Waals surface area contributed by atoms with Crippen molar-refractivity contribution in [1.82, 2.24) is 0 Å². The lowest BCUT2D eigenvalue weighted by molar-refractivity contribution is 0.0520. The summed E-state index contributed by atoms with van der Waals surface area (Å²) in [6.45, 7) is 9.67. The van der Waals surface area contributed by atoms with Crippen LogP contribution in [0.25, 0.3) is 0 Å². The first-order chi connectivity index (χ1) is 7.10. The molecule has 0 aromatic heterocycles. The lowest BCUT2D eigenvalue weighted by atomic mass is 9.79. The zero-order valence-electron chi connectivity index (χ0n) is 10.8. The van der Waals surface area contributed by atoms with Gasteiger partial charge in [0.15, 0.2) is 0 Å². The standard InChI is InChI=1S/C13H27BrO/c1-5-7-8-13(6-2,11-14)9-10-15-12(3)4/h12H,5-11H2,1-4H3. The third-order valence-electron chi connectivity index (χ3n) is 3.18. The molecule has 15 heavy (non-hydrogen) atoms. The second kappa shape index (κ2) is 8.58. The van der Waals surface area contributed by atoms with E-state index < -0.39 is 0 Å². The maximum atomic E-state index is 5.66. The van der Waals surface area contributed by atoms with Gasteiger partial charge in [-0.3, -0.25) is 0 Å². The number of hydrogen-bond donors (Lipinski definition) is 0. The summed E-state index contributed by atoms with van der Waals surface area (Å²) in [4.78, 5) is 0. The summed E-state index contributed by atoms with van der Waals surface area (Å²) in [5.74, 6) is 0. The molecule has 0 rings (SSSR count). The summed E-state index contributed by atoms with van der Waals surface area (Å²) < 4.78 is 5.66. The predicted octanol–water partition coefficient (Wildman–Crippen LogP) is 4.78. The molecule has 0 radical (unpaired) electrons. The summed E-state index contributed by atoms with van der Waals surface area (Å²) in [6, 6.07) is 0. The third kappa shape index (κ3) is 6.57. The van der Waals surface area contributed by atoms with Crippen LogP contribution < -0.4 is 0 Å². The highest BCUT2D eigenvalue weighted by Crippen LogP contribution is 2.34. The fourth-order valence-corrected chi connectivity index (χ4v) is 2.73. The van der Waals surface area contributed by atoms with Crippen molar-refractivity contribution in [2.75, 3.05) is 11.9 Å². The van der Waals surface area contributed by atoms with Gasteiger partial charge in [-0.25, -0.2) is 0 Å². The Labute approximate surface area is 104 Å². The van der Waals surface area contributed by atoms with Crippen LogP contribution in [0.15, 0.2) is 0 Å². The van der Waals surface area contributed by atoms with Crippen LogP contribution >= 0.6 is 15.9 Å². The Morgan fingerprint density at radius 3 is 2.27 bits per heavy atom. The summed E-state index contributed by atoms with van der Waals surface area (Å²) in [5.41, 5.74) is 0.463. The van der Waals surface area contributed by atoms with Crippen LogP contribution in [0.5, 0.6) is 0 Å². The minimum Gasteiger partial charge on any atom is -0.379 e. The molecule has 0 heterocycles. The summed E-state index contributed by atoms with van der Waals surface area (Å²) in [6.07, 6.45) is 6.75. The van der Waals surface area contributed by atoms with Gasteiger partial charge in [-0.15, -0.1) is 0 Å². The van der Waals surface area contributed by atoms with Crippen molar-refractivity contribution in [3.8, 4) is 0 Å². The first-order valence-corrected chi connectivity index (χ1v) is 7.40. The first-order valence-electron chi connectivity index (χ1n) is 6.27. The van der Waals surface area contributed by atoms with E-state index in [-0.39, 0.29) is 0 Å². The molecule has 2 heteroatoms. The van der Waals surface area contributed by atoms with E-state index >= 15 is 0 Å². The fraction of sp³-hybridized carbons (Fsp3) is 1.00. The third-order valence-corrected chi connectivity index (χ3v) is 4.37. The van der Waals surface area contributed by atoms with Crippen molar-refractivity contribution in [1.29, 1.82) is 0 Å². The molecule has 0 aliphatic carbocycles. The Bertz CT molecular complexity index is 141. The first kappa shape index (κ1) is 15.4. The minimum atomic E-state index is 0.362. The maximum absolute atomic E-state index is 5.66. The normalized spacial score (nSPS) is 15.6. The largest absolute Gasteiger partial charge is 0.379 e. The Morgan fingerprint density at radius 2 is 1.87 bits per heavy atom. The summed E-state index contributed by atoms with van der Waals surface area (Å²) in [7, 11) is 0. The molecule has 0 bridgehead atoms. The van der Waals surface area contributed by atoms with Crippen molar-refractivity contribution in [3.05, 3.63) is 0 Å². The summed E-state index contributed by atoms with van der Waals surface area (Å²) in [5, 5.41) is 1.11. The highest BCUT2D eigenvalue weighted by Gasteiger charge is 2.25. The van der Waals surface area contributed by atoms with Gasteiger partial charge in [-0.2, -0.15) is 0 Å². The van der Waals surface area contributed by atoms with Crippen LogP contribution in [0, 0.1) is 5.41 Å². The predicted molar refractivity (Wildman–Crippen MR) is 71.7 cm³/mol. The Hall–Kier alpha value is 0.440. The van der Waals surface area contributed by atoms with Gasteiger partial charge >= 0.3 is 0 Å². The van der Waals surface area contributed by atoms with Crippen molar-refractivity contribution >= 4 is 15.9 Å². The molecule has 0 saturated heterocycles. The molecule has 0 aliphatic heterocycles. The average Bonchev–Trinajstić information content (AvgIpc) is 2.23. The number of halogens is 1.